The number of hydrogen-bond donors (Lipinski definition) is 2. The highest BCUT2D eigenvalue weighted by molar-refractivity contribution is 6.05. The number of hydrazone groups is 1. The van der Waals surface area contributed by atoms with Crippen molar-refractivity contribution in [1.29, 1.82) is 5.41 Å². The normalized spacial score (nSPS) is 17.2. The van der Waals surface area contributed by atoms with Crippen molar-refractivity contribution in [3.8, 4) is 0 Å². The molecule has 5 rings (SSSR count). The van der Waals surface area contributed by atoms with Crippen LogP contribution in [0.4, 0.5) is 0 Å². The first-order valence-corrected chi connectivity index (χ1v) is 14.8. The van der Waals surface area contributed by atoms with Crippen LogP contribution >= 0.6 is 0 Å². The van der Waals surface area contributed by atoms with E-state index in [1.807, 2.05) is 60.1 Å². The van der Waals surface area contributed by atoms with E-state index in [1.165, 1.54) is 5.56 Å². The second-order valence-corrected chi connectivity index (χ2v) is 11.8. The van der Waals surface area contributed by atoms with Crippen LogP contribution in [-0.4, -0.2) is 56.3 Å². The maximum Gasteiger partial charge on any atom is 0.329 e. The molecule has 2 atom stereocenters. The van der Waals surface area contributed by atoms with Gasteiger partial charge in [-0.25, -0.2) is 4.79 Å². The number of nitrogens with two attached hydrogens (primary N) is 1. The van der Waals surface area contributed by atoms with Gasteiger partial charge in [-0.2, -0.15) is 5.10 Å². The number of aromatic nitrogens is 2. The van der Waals surface area contributed by atoms with Crippen molar-refractivity contribution < 1.29 is 0 Å². The molecule has 1 saturated heterocycles. The summed E-state index contributed by atoms with van der Waals surface area (Å²) < 4.78 is 3.75. The molecule has 0 radical (unpaired) electrons. The van der Waals surface area contributed by atoms with Crippen molar-refractivity contribution in [2.75, 3.05) is 20.1 Å². The third kappa shape index (κ3) is 5.51. The van der Waals surface area contributed by atoms with Gasteiger partial charge < -0.3 is 11.1 Å². The van der Waals surface area contributed by atoms with Gasteiger partial charge in [-0.05, 0) is 55.5 Å². The fourth-order valence-electron chi connectivity index (χ4n) is 6.40. The number of piperidine rings is 1. The van der Waals surface area contributed by atoms with Crippen molar-refractivity contribution in [1.82, 2.24) is 19.0 Å². The summed E-state index contributed by atoms with van der Waals surface area (Å²) >= 11 is 0. The zero-order chi connectivity index (χ0) is 30.0. The molecule has 1 aromatic heterocycles. The van der Waals surface area contributed by atoms with Crippen molar-refractivity contribution >= 4 is 22.6 Å². The summed E-state index contributed by atoms with van der Waals surface area (Å²) in [4.78, 5) is 15.5. The van der Waals surface area contributed by atoms with E-state index in [2.05, 4.69) is 66.3 Å². The maximum absolute atomic E-state index is 13.0. The van der Waals surface area contributed by atoms with Gasteiger partial charge in [0.05, 0.1) is 16.7 Å². The van der Waals surface area contributed by atoms with E-state index >= 15 is 0 Å². The van der Waals surface area contributed by atoms with Crippen molar-refractivity contribution in [2.24, 2.45) is 17.9 Å². The molecule has 8 heteroatoms. The Morgan fingerprint density at radius 3 is 2.24 bits per heavy atom. The third-order valence-electron chi connectivity index (χ3n) is 9.20. The number of amidine groups is 1. The first-order chi connectivity index (χ1) is 20.1. The first kappa shape index (κ1) is 29.3. The molecule has 4 aromatic rings. The number of aryl methyl sites for hydroxylation is 1. The molecular weight excluding hydrogens is 522 g/mol. The zero-order valence-corrected chi connectivity index (χ0v) is 25.4. The number of nitrogens with one attached hydrogen (secondary N) is 1. The van der Waals surface area contributed by atoms with Crippen molar-refractivity contribution in [2.45, 2.75) is 57.7 Å². The molecule has 42 heavy (non-hydrogen) atoms. The lowest BCUT2D eigenvalue weighted by atomic mass is 9.76. The molecular formula is C34H43N7O. The van der Waals surface area contributed by atoms with Crippen LogP contribution in [0.5, 0.6) is 0 Å². The Balaban J connectivity index is 1.29. The molecule has 1 unspecified atom stereocenters. The Hall–Kier alpha value is -4.17. The molecule has 0 saturated carbocycles. The van der Waals surface area contributed by atoms with E-state index in [4.69, 9.17) is 5.73 Å². The van der Waals surface area contributed by atoms with Gasteiger partial charge in [-0.3, -0.25) is 19.0 Å². The van der Waals surface area contributed by atoms with Gasteiger partial charge in [0.25, 0.3) is 0 Å². The number of imidazole rings is 1. The Labute approximate surface area is 248 Å². The van der Waals surface area contributed by atoms with Gasteiger partial charge in [-0.1, -0.05) is 73.7 Å². The molecule has 1 aliphatic rings. The summed E-state index contributed by atoms with van der Waals surface area (Å²) in [6, 6.07) is 26.9. The van der Waals surface area contributed by atoms with Crippen LogP contribution in [0.1, 0.15) is 62.3 Å². The number of likely N-dealkylation sites (N-methyl/N-ethyl adjacent to an activating group) is 1. The van der Waals surface area contributed by atoms with E-state index in [-0.39, 0.29) is 17.6 Å². The smallest absolute Gasteiger partial charge is 0.329 e. The molecule has 1 fully saturated rings. The highest BCUT2D eigenvalue weighted by atomic mass is 16.1. The molecule has 3 aromatic carbocycles. The van der Waals surface area contributed by atoms with Crippen LogP contribution in [0, 0.1) is 5.41 Å². The van der Waals surface area contributed by atoms with Crippen LogP contribution in [0.25, 0.3) is 11.0 Å². The fourth-order valence-corrected chi connectivity index (χ4v) is 6.40. The Bertz CT molecular complexity index is 1620. The molecule has 2 heterocycles. The summed E-state index contributed by atoms with van der Waals surface area (Å²) in [5.74, 6) is 0.454. The topological polar surface area (TPSA) is 95.6 Å². The van der Waals surface area contributed by atoms with E-state index in [0.717, 1.165) is 54.6 Å². The maximum atomic E-state index is 13.0. The van der Waals surface area contributed by atoms with Crippen LogP contribution in [-0.2, 0) is 13.6 Å². The van der Waals surface area contributed by atoms with E-state index in [1.54, 1.807) is 11.5 Å². The monoisotopic (exact) mass is 565 g/mol. The standard InChI is InChI=1S/C34H43N7O/c1-24(27-11-7-6-8-12-27)34(3,39(5)37-25(2)35)32(36)28-17-15-26(16-18-28)23-40-21-19-29(20-22-40)41-31-14-10-9-13-30(31)38(4)33(41)42/h6-18,24,29,36H,19-23H2,1-5H3,(H2,35,37)/t24-,34?/m0/s1. The van der Waals surface area contributed by atoms with Crippen LogP contribution in [0.15, 0.2) is 88.8 Å². The van der Waals surface area contributed by atoms with E-state index in [9.17, 15) is 10.2 Å². The number of likely N-dealkylation sites (tertiary alicyclic amines) is 1. The van der Waals surface area contributed by atoms with Gasteiger partial charge in [0.1, 0.15) is 11.4 Å². The summed E-state index contributed by atoms with van der Waals surface area (Å²) in [5, 5.41) is 15.7. The fraction of sp³-hybridized carbons (Fsp3) is 0.382. The zero-order valence-electron chi connectivity index (χ0n) is 25.4. The molecule has 0 bridgehead atoms. The lowest BCUT2D eigenvalue weighted by Gasteiger charge is -2.42. The second-order valence-electron chi connectivity index (χ2n) is 11.8. The Kier molecular flexibility index (Phi) is 8.36. The Morgan fingerprint density at radius 2 is 1.62 bits per heavy atom. The van der Waals surface area contributed by atoms with Gasteiger partial charge in [0.15, 0.2) is 0 Å². The lowest BCUT2D eigenvalue weighted by molar-refractivity contribution is 0.179. The molecule has 0 amide bonds. The van der Waals surface area contributed by atoms with Crippen LogP contribution in [0.3, 0.4) is 0 Å². The predicted molar refractivity (Wildman–Crippen MR) is 172 cm³/mol. The minimum Gasteiger partial charge on any atom is -0.386 e. The lowest BCUT2D eigenvalue weighted by Crippen LogP contribution is -2.52. The van der Waals surface area contributed by atoms with Crippen LogP contribution < -0.4 is 11.4 Å². The van der Waals surface area contributed by atoms with Gasteiger partial charge in [0.2, 0.25) is 0 Å². The van der Waals surface area contributed by atoms with Crippen molar-refractivity contribution in [3.05, 3.63) is 106 Å². The third-order valence-corrected chi connectivity index (χ3v) is 9.20. The average molecular weight is 566 g/mol. The van der Waals surface area contributed by atoms with Crippen molar-refractivity contribution in [3.63, 3.8) is 0 Å². The van der Waals surface area contributed by atoms with Gasteiger partial charge in [-0.15, -0.1) is 0 Å². The molecule has 1 aliphatic heterocycles. The molecule has 220 valence electrons. The molecule has 8 nitrogen and oxygen atoms in total. The highest BCUT2D eigenvalue weighted by Gasteiger charge is 2.41. The minimum atomic E-state index is -0.717. The summed E-state index contributed by atoms with van der Waals surface area (Å²) in [5.41, 5.74) is 11.1. The Morgan fingerprint density at radius 1 is 1.02 bits per heavy atom. The first-order valence-electron chi connectivity index (χ1n) is 14.8. The molecule has 0 aliphatic carbocycles. The second kappa shape index (κ2) is 12.0. The summed E-state index contributed by atoms with van der Waals surface area (Å²) in [6.45, 7) is 8.70. The summed E-state index contributed by atoms with van der Waals surface area (Å²) in [7, 11) is 3.75. The highest BCUT2D eigenvalue weighted by Crippen LogP contribution is 2.36. The number of benzene rings is 3. The van der Waals surface area contributed by atoms with E-state index < -0.39 is 5.54 Å². The number of nitrogens with zero attached hydrogens (tertiary/aromatic N) is 5. The average Bonchev–Trinajstić information content (AvgIpc) is 3.26. The minimum absolute atomic E-state index is 0.00508. The largest absolute Gasteiger partial charge is 0.386 e. The molecule has 3 N–H and O–H groups in total. The SMILES string of the molecule is C/C(N)=N\N(C)C(C)(C(=N)c1ccc(CN2CCC(n3c(=O)n(C)c4ccccc43)CC2)cc1)[C@@H](C)c1ccccc1. The number of rotatable bonds is 9. The van der Waals surface area contributed by atoms with Gasteiger partial charge >= 0.3 is 5.69 Å². The van der Waals surface area contributed by atoms with E-state index in [0.29, 0.717) is 11.5 Å². The van der Waals surface area contributed by atoms with Crippen LogP contribution in [0.2, 0.25) is 0 Å². The number of para-hydroxylation sites is 2. The van der Waals surface area contributed by atoms with Gasteiger partial charge in [0, 0.05) is 45.7 Å². The number of fused-ring (bicyclic) bond motifs is 1. The quantitative estimate of drug-likeness (QED) is 0.163. The number of hydrogen-bond acceptors (Lipinski definition) is 5. The molecule has 0 spiro atoms. The predicted octanol–water partition coefficient (Wildman–Crippen LogP) is 5.33. The summed E-state index contributed by atoms with van der Waals surface area (Å²) in [6.07, 6.45) is 1.89.